The number of nitrogens with zero attached hydrogens (tertiary/aromatic N) is 1. The number of rotatable bonds is 6. The number of fused-ring (bicyclic) bond motifs is 4. The number of aryl methyl sites for hydroxylation is 2. The summed E-state index contributed by atoms with van der Waals surface area (Å²) in [5, 5.41) is 15.6. The highest BCUT2D eigenvalue weighted by atomic mass is 16.5. The zero-order valence-corrected chi connectivity index (χ0v) is 22.0. The van der Waals surface area contributed by atoms with Gasteiger partial charge in [-0.25, -0.2) is 9.59 Å². The highest BCUT2D eigenvalue weighted by Gasteiger charge is 2.42. The van der Waals surface area contributed by atoms with Gasteiger partial charge in [-0.05, 0) is 66.3 Å². The quantitative estimate of drug-likeness (QED) is 0.396. The normalized spacial score (nSPS) is 22.3. The maximum atomic E-state index is 9.55. The summed E-state index contributed by atoms with van der Waals surface area (Å²) >= 11 is 0. The SMILES string of the molecule is O=C(O)/C=C\C(=O)O.c1ccc(CN2[C@@H]3CC[C@H]2CC(OC2c4ccccc4CCc4ccccc42)C3)cc1. The number of ether oxygens (including phenoxy) is 1. The third kappa shape index (κ3) is 6.64. The maximum Gasteiger partial charge on any atom is 0.328 e. The Morgan fingerprint density at radius 2 is 1.23 bits per heavy atom. The summed E-state index contributed by atoms with van der Waals surface area (Å²) in [7, 11) is 0. The van der Waals surface area contributed by atoms with Gasteiger partial charge >= 0.3 is 11.9 Å². The average Bonchev–Trinajstić information content (AvgIpc) is 3.10. The molecule has 2 heterocycles. The molecule has 2 bridgehead atoms. The highest BCUT2D eigenvalue weighted by molar-refractivity contribution is 5.89. The van der Waals surface area contributed by atoms with E-state index < -0.39 is 11.9 Å². The fraction of sp³-hybridized carbons (Fsp3) is 0.333. The lowest BCUT2D eigenvalue weighted by atomic mass is 9.94. The van der Waals surface area contributed by atoms with Gasteiger partial charge in [0, 0.05) is 30.8 Å². The number of benzene rings is 3. The zero-order valence-electron chi connectivity index (χ0n) is 22.0. The summed E-state index contributed by atoms with van der Waals surface area (Å²) in [6.45, 7) is 1.08. The Kier molecular flexibility index (Phi) is 8.54. The van der Waals surface area contributed by atoms with Gasteiger partial charge in [0.25, 0.3) is 0 Å². The van der Waals surface area contributed by atoms with Crippen molar-refractivity contribution >= 4 is 11.9 Å². The van der Waals surface area contributed by atoms with Crippen molar-refractivity contribution in [2.24, 2.45) is 0 Å². The van der Waals surface area contributed by atoms with Crippen LogP contribution in [0.5, 0.6) is 0 Å². The van der Waals surface area contributed by atoms with E-state index in [0.29, 0.717) is 30.3 Å². The van der Waals surface area contributed by atoms with Crippen LogP contribution >= 0.6 is 0 Å². The molecule has 6 nitrogen and oxygen atoms in total. The average molecular weight is 526 g/mol. The second-order valence-electron chi connectivity index (χ2n) is 10.6. The minimum atomic E-state index is -1.26. The van der Waals surface area contributed by atoms with E-state index in [2.05, 4.69) is 83.8 Å². The minimum absolute atomic E-state index is 0.0694. The Hall–Kier alpha value is -3.74. The van der Waals surface area contributed by atoms with E-state index in [1.165, 1.54) is 40.7 Å². The largest absolute Gasteiger partial charge is 0.478 e. The third-order valence-electron chi connectivity index (χ3n) is 8.08. The van der Waals surface area contributed by atoms with Crippen molar-refractivity contribution in [1.82, 2.24) is 4.90 Å². The van der Waals surface area contributed by atoms with E-state index in [9.17, 15) is 9.59 Å². The molecule has 6 rings (SSSR count). The van der Waals surface area contributed by atoms with Crippen molar-refractivity contribution in [2.45, 2.75) is 69.4 Å². The Bertz CT molecular complexity index is 1240. The van der Waals surface area contributed by atoms with Gasteiger partial charge in [0.05, 0.1) is 6.10 Å². The third-order valence-corrected chi connectivity index (χ3v) is 8.08. The van der Waals surface area contributed by atoms with Gasteiger partial charge < -0.3 is 14.9 Å². The molecule has 202 valence electrons. The molecule has 1 aliphatic carbocycles. The van der Waals surface area contributed by atoms with Crippen molar-refractivity contribution in [1.29, 1.82) is 0 Å². The molecule has 2 saturated heterocycles. The van der Waals surface area contributed by atoms with Crippen LogP contribution in [-0.4, -0.2) is 45.2 Å². The number of piperidine rings is 1. The van der Waals surface area contributed by atoms with Crippen molar-refractivity contribution in [3.63, 3.8) is 0 Å². The molecule has 2 N–H and O–H groups in total. The van der Waals surface area contributed by atoms with E-state index in [0.717, 1.165) is 32.2 Å². The van der Waals surface area contributed by atoms with Crippen LogP contribution in [0.25, 0.3) is 0 Å². The molecule has 0 saturated carbocycles. The lowest BCUT2D eigenvalue weighted by Gasteiger charge is -2.40. The first-order chi connectivity index (χ1) is 19.0. The van der Waals surface area contributed by atoms with Crippen LogP contribution in [-0.2, 0) is 33.7 Å². The van der Waals surface area contributed by atoms with Gasteiger partial charge in [-0.15, -0.1) is 0 Å². The van der Waals surface area contributed by atoms with Crippen LogP contribution in [0.15, 0.2) is 91.0 Å². The molecule has 6 heteroatoms. The van der Waals surface area contributed by atoms with Gasteiger partial charge in [0.2, 0.25) is 0 Å². The van der Waals surface area contributed by atoms with Crippen LogP contribution in [0.3, 0.4) is 0 Å². The van der Waals surface area contributed by atoms with Crippen molar-refractivity contribution in [3.8, 4) is 0 Å². The molecule has 3 aliphatic rings. The Labute approximate surface area is 229 Å². The molecule has 3 aromatic carbocycles. The summed E-state index contributed by atoms with van der Waals surface area (Å²) in [6.07, 6.45) is 8.68. The standard InChI is InChI=1S/C29H31NO.C4H4O4/c1-2-8-21(9-3-1)20-30-24-16-17-25(30)19-26(18-24)31-29-27-12-6-4-10-22(27)14-15-23-11-5-7-13-28(23)29;5-3(6)1-2-4(7)8/h1-13,24-26,29H,14-20H2;1-2H,(H,5,6)(H,7,8)/b;2-1-/t24-,25+,26?;. The first-order valence-corrected chi connectivity index (χ1v) is 13.7. The van der Waals surface area contributed by atoms with Crippen LogP contribution < -0.4 is 0 Å². The minimum Gasteiger partial charge on any atom is -0.478 e. The molecule has 0 amide bonds. The molecule has 39 heavy (non-hydrogen) atoms. The molecular formula is C33H35NO5. The second kappa shape index (κ2) is 12.4. The van der Waals surface area contributed by atoms with Gasteiger partial charge in [-0.1, -0.05) is 78.9 Å². The number of aliphatic carboxylic acids is 2. The second-order valence-corrected chi connectivity index (χ2v) is 10.6. The van der Waals surface area contributed by atoms with E-state index in [1.807, 2.05) is 0 Å². The number of hydrogen-bond acceptors (Lipinski definition) is 4. The van der Waals surface area contributed by atoms with Crippen molar-refractivity contribution < 1.29 is 24.5 Å². The van der Waals surface area contributed by atoms with Crippen LogP contribution in [0.2, 0.25) is 0 Å². The summed E-state index contributed by atoms with van der Waals surface area (Å²) in [5.74, 6) is -2.51. The molecule has 2 aliphatic heterocycles. The Morgan fingerprint density at radius 1 is 0.744 bits per heavy atom. The van der Waals surface area contributed by atoms with Crippen LogP contribution in [0.1, 0.15) is 59.6 Å². The Balaban J connectivity index is 0.000000339. The number of carboxylic acid groups (broad SMARTS) is 2. The number of carboxylic acids is 2. The predicted molar refractivity (Wildman–Crippen MR) is 149 cm³/mol. The summed E-state index contributed by atoms with van der Waals surface area (Å²) in [5.41, 5.74) is 7.10. The van der Waals surface area contributed by atoms with Gasteiger partial charge in [0.15, 0.2) is 0 Å². The lowest BCUT2D eigenvalue weighted by molar-refractivity contribution is -0.134. The van der Waals surface area contributed by atoms with E-state index in [4.69, 9.17) is 14.9 Å². The first kappa shape index (κ1) is 26.9. The van der Waals surface area contributed by atoms with Crippen LogP contribution in [0.4, 0.5) is 0 Å². The smallest absolute Gasteiger partial charge is 0.328 e. The summed E-state index contributed by atoms with van der Waals surface area (Å²) in [4.78, 5) is 21.9. The summed E-state index contributed by atoms with van der Waals surface area (Å²) < 4.78 is 7.02. The predicted octanol–water partition coefficient (Wildman–Crippen LogP) is 5.80. The van der Waals surface area contributed by atoms with Gasteiger partial charge in [0.1, 0.15) is 6.10 Å². The highest BCUT2D eigenvalue weighted by Crippen LogP contribution is 2.42. The molecule has 1 unspecified atom stereocenters. The van der Waals surface area contributed by atoms with Gasteiger partial charge in [-0.2, -0.15) is 0 Å². The first-order valence-electron chi connectivity index (χ1n) is 13.7. The number of carbonyl (C=O) groups is 2. The van der Waals surface area contributed by atoms with E-state index >= 15 is 0 Å². The molecule has 3 aromatic rings. The van der Waals surface area contributed by atoms with Crippen molar-refractivity contribution in [2.75, 3.05) is 0 Å². The van der Waals surface area contributed by atoms with Crippen molar-refractivity contribution in [3.05, 3.63) is 119 Å². The summed E-state index contributed by atoms with van der Waals surface area (Å²) in [6, 6.07) is 30.1. The van der Waals surface area contributed by atoms with E-state index in [1.54, 1.807) is 0 Å². The van der Waals surface area contributed by atoms with Crippen LogP contribution in [0, 0.1) is 0 Å². The zero-order chi connectivity index (χ0) is 27.2. The number of hydrogen-bond donors (Lipinski definition) is 2. The van der Waals surface area contributed by atoms with Gasteiger partial charge in [-0.3, -0.25) is 4.90 Å². The lowest BCUT2D eigenvalue weighted by Crippen LogP contribution is -2.45. The monoisotopic (exact) mass is 525 g/mol. The molecule has 2 fully saturated rings. The molecule has 3 atom stereocenters. The Morgan fingerprint density at radius 3 is 1.74 bits per heavy atom. The topological polar surface area (TPSA) is 87.1 Å². The maximum absolute atomic E-state index is 9.55. The van der Waals surface area contributed by atoms with E-state index in [-0.39, 0.29) is 6.10 Å². The fourth-order valence-corrected chi connectivity index (χ4v) is 6.34. The molecule has 0 spiro atoms. The fourth-order valence-electron chi connectivity index (χ4n) is 6.34. The molecular weight excluding hydrogens is 490 g/mol. The molecule has 0 aromatic heterocycles. The molecule has 0 radical (unpaired) electrons.